The van der Waals surface area contributed by atoms with Gasteiger partial charge in [-0.3, -0.25) is 4.98 Å². The van der Waals surface area contributed by atoms with Crippen LogP contribution in [-0.2, 0) is 6.42 Å². The molecule has 2 saturated carbocycles. The number of hydrogen-bond acceptors (Lipinski definition) is 2. The average molecular weight is 372 g/mol. The van der Waals surface area contributed by atoms with Crippen molar-refractivity contribution in [2.24, 2.45) is 23.7 Å². The standard InChI is InChI=1S/C25H41NO/c1-3-5-20-6-11-22(12-7-20)23-13-8-21(9-14-23)10-15-24-16-17-25(19-26-24)27-18-4-2/h16-17,19-23H,3-15,18H2,1-2H3. The van der Waals surface area contributed by atoms with Crippen molar-refractivity contribution in [2.45, 2.75) is 97.3 Å². The fourth-order valence-electron chi connectivity index (χ4n) is 5.52. The first-order valence-corrected chi connectivity index (χ1v) is 11.9. The maximum Gasteiger partial charge on any atom is 0.137 e. The second-order valence-corrected chi connectivity index (χ2v) is 9.22. The molecule has 3 rings (SSSR count). The zero-order valence-corrected chi connectivity index (χ0v) is 17.8. The van der Waals surface area contributed by atoms with Gasteiger partial charge in [0, 0.05) is 5.69 Å². The predicted octanol–water partition coefficient (Wildman–Crippen LogP) is 7.22. The molecule has 2 heteroatoms. The van der Waals surface area contributed by atoms with Crippen LogP contribution in [0, 0.1) is 23.7 Å². The Morgan fingerprint density at radius 2 is 1.44 bits per heavy atom. The van der Waals surface area contributed by atoms with Crippen molar-refractivity contribution in [1.29, 1.82) is 0 Å². The third-order valence-electron chi connectivity index (χ3n) is 7.23. The van der Waals surface area contributed by atoms with Crippen LogP contribution in [0.4, 0.5) is 0 Å². The molecule has 2 aliphatic carbocycles. The molecular formula is C25H41NO. The van der Waals surface area contributed by atoms with Crippen LogP contribution in [0.5, 0.6) is 5.75 Å². The van der Waals surface area contributed by atoms with Gasteiger partial charge in [-0.25, -0.2) is 0 Å². The Morgan fingerprint density at radius 3 is 1.96 bits per heavy atom. The van der Waals surface area contributed by atoms with E-state index in [1.807, 2.05) is 6.20 Å². The number of rotatable bonds is 9. The number of hydrogen-bond donors (Lipinski definition) is 0. The Labute approximate surface area is 167 Å². The second kappa shape index (κ2) is 11.1. The SMILES string of the molecule is CCCOc1ccc(CCC2CCC(C3CCC(CCC)CC3)CC2)nc1. The quantitative estimate of drug-likeness (QED) is 0.457. The lowest BCUT2D eigenvalue weighted by atomic mass is 9.68. The van der Waals surface area contributed by atoms with Crippen LogP contribution < -0.4 is 4.74 Å². The summed E-state index contributed by atoms with van der Waals surface area (Å²) in [5.74, 6) is 4.98. The molecule has 0 saturated heterocycles. The van der Waals surface area contributed by atoms with Gasteiger partial charge >= 0.3 is 0 Å². The van der Waals surface area contributed by atoms with E-state index in [2.05, 4.69) is 31.0 Å². The fourth-order valence-corrected chi connectivity index (χ4v) is 5.52. The number of pyridine rings is 1. The van der Waals surface area contributed by atoms with Crippen LogP contribution in [0.2, 0.25) is 0 Å². The summed E-state index contributed by atoms with van der Waals surface area (Å²) >= 11 is 0. The Morgan fingerprint density at radius 1 is 0.815 bits per heavy atom. The summed E-state index contributed by atoms with van der Waals surface area (Å²) in [6, 6.07) is 4.25. The molecule has 0 aliphatic heterocycles. The fraction of sp³-hybridized carbons (Fsp3) is 0.800. The lowest BCUT2D eigenvalue weighted by molar-refractivity contribution is 0.141. The minimum Gasteiger partial charge on any atom is -0.492 e. The van der Waals surface area contributed by atoms with E-state index in [0.29, 0.717) is 0 Å². The summed E-state index contributed by atoms with van der Waals surface area (Å²) in [5.41, 5.74) is 1.23. The molecule has 0 atom stereocenters. The first kappa shape index (κ1) is 20.7. The summed E-state index contributed by atoms with van der Waals surface area (Å²) in [4.78, 5) is 4.60. The van der Waals surface area contributed by atoms with Crippen molar-refractivity contribution < 1.29 is 4.74 Å². The van der Waals surface area contributed by atoms with E-state index in [1.165, 1.54) is 76.3 Å². The molecule has 0 radical (unpaired) electrons. The molecule has 0 aromatic carbocycles. The topological polar surface area (TPSA) is 22.1 Å². The van der Waals surface area contributed by atoms with Crippen molar-refractivity contribution in [2.75, 3.05) is 6.61 Å². The molecule has 152 valence electrons. The van der Waals surface area contributed by atoms with Crippen molar-refractivity contribution in [3.05, 3.63) is 24.0 Å². The largest absolute Gasteiger partial charge is 0.492 e. The molecule has 1 aromatic heterocycles. The maximum absolute atomic E-state index is 5.63. The molecule has 0 N–H and O–H groups in total. The number of nitrogens with zero attached hydrogens (tertiary/aromatic N) is 1. The Kier molecular flexibility index (Phi) is 8.48. The predicted molar refractivity (Wildman–Crippen MR) is 114 cm³/mol. The molecule has 1 heterocycles. The van der Waals surface area contributed by atoms with Crippen LogP contribution in [0.1, 0.15) is 96.6 Å². The maximum atomic E-state index is 5.63. The minimum atomic E-state index is 0.782. The van der Waals surface area contributed by atoms with Gasteiger partial charge in [0.2, 0.25) is 0 Å². The lowest BCUT2D eigenvalue weighted by Crippen LogP contribution is -2.26. The number of aryl methyl sites for hydroxylation is 1. The summed E-state index contributed by atoms with van der Waals surface area (Å²) < 4.78 is 5.63. The highest BCUT2D eigenvalue weighted by molar-refractivity contribution is 5.19. The van der Waals surface area contributed by atoms with Gasteiger partial charge in [-0.05, 0) is 80.8 Å². The summed E-state index contributed by atoms with van der Waals surface area (Å²) in [7, 11) is 0. The molecule has 2 fully saturated rings. The van der Waals surface area contributed by atoms with Crippen molar-refractivity contribution in [3.8, 4) is 5.75 Å². The van der Waals surface area contributed by atoms with Gasteiger partial charge in [0.05, 0.1) is 12.8 Å². The van der Waals surface area contributed by atoms with Crippen LogP contribution >= 0.6 is 0 Å². The van der Waals surface area contributed by atoms with E-state index in [-0.39, 0.29) is 0 Å². The van der Waals surface area contributed by atoms with E-state index in [0.717, 1.165) is 48.9 Å². The summed E-state index contributed by atoms with van der Waals surface area (Å²) in [6.07, 6.45) is 20.2. The molecular weight excluding hydrogens is 330 g/mol. The highest BCUT2D eigenvalue weighted by Gasteiger charge is 2.30. The third kappa shape index (κ3) is 6.50. The minimum absolute atomic E-state index is 0.782. The summed E-state index contributed by atoms with van der Waals surface area (Å²) in [5, 5.41) is 0. The number of ether oxygens (including phenoxy) is 1. The van der Waals surface area contributed by atoms with E-state index in [4.69, 9.17) is 4.74 Å². The smallest absolute Gasteiger partial charge is 0.137 e. The van der Waals surface area contributed by atoms with E-state index < -0.39 is 0 Å². The van der Waals surface area contributed by atoms with Crippen molar-refractivity contribution in [3.63, 3.8) is 0 Å². The van der Waals surface area contributed by atoms with Gasteiger partial charge in [0.25, 0.3) is 0 Å². The molecule has 2 nitrogen and oxygen atoms in total. The molecule has 1 aromatic rings. The van der Waals surface area contributed by atoms with Crippen LogP contribution in [0.3, 0.4) is 0 Å². The zero-order valence-electron chi connectivity index (χ0n) is 17.8. The summed E-state index contributed by atoms with van der Waals surface area (Å²) in [6.45, 7) is 5.26. The highest BCUT2D eigenvalue weighted by Crippen LogP contribution is 2.42. The van der Waals surface area contributed by atoms with Gasteiger partial charge < -0.3 is 4.74 Å². The monoisotopic (exact) mass is 371 g/mol. The lowest BCUT2D eigenvalue weighted by Gasteiger charge is -2.38. The van der Waals surface area contributed by atoms with Crippen molar-refractivity contribution in [1.82, 2.24) is 4.98 Å². The van der Waals surface area contributed by atoms with Crippen LogP contribution in [-0.4, -0.2) is 11.6 Å². The van der Waals surface area contributed by atoms with Crippen molar-refractivity contribution >= 4 is 0 Å². The van der Waals surface area contributed by atoms with Gasteiger partial charge in [-0.1, -0.05) is 52.4 Å². The normalized spacial score (nSPS) is 28.8. The molecule has 2 aliphatic rings. The molecule has 0 unspecified atom stereocenters. The van der Waals surface area contributed by atoms with E-state index >= 15 is 0 Å². The average Bonchev–Trinajstić information content (AvgIpc) is 2.73. The Hall–Kier alpha value is -1.05. The van der Waals surface area contributed by atoms with Gasteiger partial charge in [0.1, 0.15) is 5.75 Å². The van der Waals surface area contributed by atoms with E-state index in [9.17, 15) is 0 Å². The Bertz CT molecular complexity index is 510. The van der Waals surface area contributed by atoms with E-state index in [1.54, 1.807) is 0 Å². The highest BCUT2D eigenvalue weighted by atomic mass is 16.5. The first-order chi connectivity index (χ1) is 13.3. The molecule has 0 bridgehead atoms. The molecule has 0 amide bonds. The van der Waals surface area contributed by atoms with Gasteiger partial charge in [0.15, 0.2) is 0 Å². The van der Waals surface area contributed by atoms with Gasteiger partial charge in [-0.15, -0.1) is 0 Å². The first-order valence-electron chi connectivity index (χ1n) is 11.9. The Balaban J connectivity index is 1.34. The number of aromatic nitrogens is 1. The van der Waals surface area contributed by atoms with Crippen LogP contribution in [0.15, 0.2) is 18.3 Å². The zero-order chi connectivity index (χ0) is 18.9. The third-order valence-corrected chi connectivity index (χ3v) is 7.23. The molecule has 0 spiro atoms. The second-order valence-electron chi connectivity index (χ2n) is 9.22. The van der Waals surface area contributed by atoms with Crippen LogP contribution in [0.25, 0.3) is 0 Å². The molecule has 27 heavy (non-hydrogen) atoms. The van der Waals surface area contributed by atoms with Gasteiger partial charge in [-0.2, -0.15) is 0 Å².